The molecule has 2 aromatic rings. The molecular weight excluding hydrogens is 324 g/mol. The van der Waals surface area contributed by atoms with E-state index in [4.69, 9.17) is 0 Å². The van der Waals surface area contributed by atoms with Crippen LogP contribution in [0.5, 0.6) is 0 Å². The molecule has 0 aliphatic heterocycles. The molecule has 0 saturated heterocycles. The largest absolute Gasteiger partial charge is 0.355 e. The van der Waals surface area contributed by atoms with Gasteiger partial charge in [0.15, 0.2) is 0 Å². The summed E-state index contributed by atoms with van der Waals surface area (Å²) in [5, 5.41) is 2.82. The fraction of sp³-hybridized carbons (Fsp3) is 0.364. The zero-order valence-corrected chi connectivity index (χ0v) is 15.7. The molecule has 0 unspecified atom stereocenters. The third kappa shape index (κ3) is 6.03. The Labute approximate surface area is 156 Å². The molecule has 0 radical (unpaired) electrons. The third-order valence-electron chi connectivity index (χ3n) is 4.47. The number of aryl methyl sites for hydroxylation is 1. The van der Waals surface area contributed by atoms with E-state index in [-0.39, 0.29) is 11.8 Å². The van der Waals surface area contributed by atoms with Crippen molar-refractivity contribution in [3.05, 3.63) is 71.8 Å². The van der Waals surface area contributed by atoms with Crippen LogP contribution in [0.15, 0.2) is 60.7 Å². The van der Waals surface area contributed by atoms with Crippen molar-refractivity contribution in [3.63, 3.8) is 0 Å². The van der Waals surface area contributed by atoms with Crippen molar-refractivity contribution in [3.8, 4) is 0 Å². The molecule has 0 bridgehead atoms. The van der Waals surface area contributed by atoms with Gasteiger partial charge in [0.25, 0.3) is 0 Å². The van der Waals surface area contributed by atoms with Gasteiger partial charge in [0.05, 0.1) is 0 Å². The lowest BCUT2D eigenvalue weighted by Gasteiger charge is -2.28. The molecule has 0 aliphatic rings. The number of hydrogen-bond donors (Lipinski definition) is 1. The molecule has 0 fully saturated rings. The summed E-state index contributed by atoms with van der Waals surface area (Å²) in [5.41, 5.74) is 2.30. The van der Waals surface area contributed by atoms with E-state index in [1.165, 1.54) is 0 Å². The summed E-state index contributed by atoms with van der Waals surface area (Å²) in [4.78, 5) is 26.8. The summed E-state index contributed by atoms with van der Waals surface area (Å²) < 4.78 is 0. The van der Waals surface area contributed by atoms with Crippen LogP contribution in [0.25, 0.3) is 0 Å². The summed E-state index contributed by atoms with van der Waals surface area (Å²) in [5.74, 6) is -0.0860. The number of benzene rings is 2. The Kier molecular flexibility index (Phi) is 7.87. The first-order chi connectivity index (χ1) is 12.6. The van der Waals surface area contributed by atoms with E-state index < -0.39 is 6.04 Å². The summed E-state index contributed by atoms with van der Waals surface area (Å²) in [6.45, 7) is 4.79. The van der Waals surface area contributed by atoms with E-state index in [1.807, 2.05) is 67.6 Å². The van der Waals surface area contributed by atoms with Gasteiger partial charge in [-0.15, -0.1) is 0 Å². The minimum Gasteiger partial charge on any atom is -0.355 e. The van der Waals surface area contributed by atoms with E-state index in [1.54, 1.807) is 11.8 Å². The number of carbonyl (C=O) groups is 2. The Hall–Kier alpha value is -2.62. The second-order valence-corrected chi connectivity index (χ2v) is 6.38. The van der Waals surface area contributed by atoms with Crippen LogP contribution >= 0.6 is 0 Å². The number of likely N-dealkylation sites (N-methyl/N-ethyl adjacent to an activating group) is 1. The van der Waals surface area contributed by atoms with Gasteiger partial charge in [-0.05, 0) is 37.8 Å². The van der Waals surface area contributed by atoms with Crippen LogP contribution in [0.1, 0.15) is 31.4 Å². The first kappa shape index (κ1) is 19.7. The van der Waals surface area contributed by atoms with E-state index in [9.17, 15) is 9.59 Å². The lowest BCUT2D eigenvalue weighted by molar-refractivity contribution is -0.139. The van der Waals surface area contributed by atoms with Crippen molar-refractivity contribution in [2.24, 2.45) is 0 Å². The van der Waals surface area contributed by atoms with E-state index in [0.29, 0.717) is 25.9 Å². The number of nitrogens with one attached hydrogen (secondary N) is 1. The highest BCUT2D eigenvalue weighted by atomic mass is 16.2. The fourth-order valence-electron chi connectivity index (χ4n) is 2.93. The van der Waals surface area contributed by atoms with Gasteiger partial charge in [-0.1, -0.05) is 60.7 Å². The monoisotopic (exact) mass is 352 g/mol. The molecule has 0 spiro atoms. The van der Waals surface area contributed by atoms with Crippen molar-refractivity contribution >= 4 is 11.8 Å². The van der Waals surface area contributed by atoms with Gasteiger partial charge < -0.3 is 10.2 Å². The number of rotatable bonds is 9. The van der Waals surface area contributed by atoms with Crippen molar-refractivity contribution in [1.82, 2.24) is 10.2 Å². The van der Waals surface area contributed by atoms with Crippen molar-refractivity contribution in [1.29, 1.82) is 0 Å². The van der Waals surface area contributed by atoms with Gasteiger partial charge in [-0.25, -0.2) is 0 Å². The quantitative estimate of drug-likeness (QED) is 0.753. The van der Waals surface area contributed by atoms with Gasteiger partial charge in [-0.2, -0.15) is 0 Å². The van der Waals surface area contributed by atoms with Crippen molar-refractivity contribution in [2.45, 2.75) is 39.2 Å². The van der Waals surface area contributed by atoms with Gasteiger partial charge in [0, 0.05) is 19.5 Å². The lowest BCUT2D eigenvalue weighted by Crippen LogP contribution is -2.48. The fourth-order valence-corrected chi connectivity index (χ4v) is 2.93. The lowest BCUT2D eigenvalue weighted by atomic mass is 10.1. The van der Waals surface area contributed by atoms with Crippen LogP contribution in [0.2, 0.25) is 0 Å². The standard InChI is InChI=1S/C22H28N2O2/c1-3-23-22(26)18(2)24(17-16-20-12-8-5-9-13-20)21(25)15-14-19-10-6-4-7-11-19/h4-13,18H,3,14-17H2,1-2H3,(H,23,26)/t18-/m1/s1. The van der Waals surface area contributed by atoms with E-state index >= 15 is 0 Å². The molecule has 0 aromatic heterocycles. The van der Waals surface area contributed by atoms with Gasteiger partial charge >= 0.3 is 0 Å². The molecule has 4 nitrogen and oxygen atoms in total. The Balaban J connectivity index is 2.02. The molecule has 0 saturated carbocycles. The Bertz CT molecular complexity index is 686. The number of hydrogen-bond acceptors (Lipinski definition) is 2. The van der Waals surface area contributed by atoms with Crippen LogP contribution < -0.4 is 5.32 Å². The second kappa shape index (κ2) is 10.4. The number of carbonyl (C=O) groups excluding carboxylic acids is 2. The molecule has 138 valence electrons. The highest BCUT2D eigenvalue weighted by molar-refractivity contribution is 5.87. The molecule has 26 heavy (non-hydrogen) atoms. The van der Waals surface area contributed by atoms with Gasteiger partial charge in [0.1, 0.15) is 6.04 Å². The molecule has 1 N–H and O–H groups in total. The molecule has 2 amide bonds. The maximum Gasteiger partial charge on any atom is 0.242 e. The first-order valence-corrected chi connectivity index (χ1v) is 9.26. The smallest absolute Gasteiger partial charge is 0.242 e. The molecule has 0 heterocycles. The Morgan fingerprint density at radius 1 is 0.923 bits per heavy atom. The molecule has 0 aliphatic carbocycles. The zero-order chi connectivity index (χ0) is 18.8. The second-order valence-electron chi connectivity index (χ2n) is 6.38. The predicted molar refractivity (Wildman–Crippen MR) is 105 cm³/mol. The number of nitrogens with zero attached hydrogens (tertiary/aromatic N) is 1. The van der Waals surface area contributed by atoms with Crippen LogP contribution in [-0.2, 0) is 22.4 Å². The van der Waals surface area contributed by atoms with Gasteiger partial charge in [0.2, 0.25) is 11.8 Å². The van der Waals surface area contributed by atoms with E-state index in [0.717, 1.165) is 17.5 Å². The van der Waals surface area contributed by atoms with Crippen LogP contribution in [0, 0.1) is 0 Å². The van der Waals surface area contributed by atoms with Crippen LogP contribution in [-0.4, -0.2) is 35.8 Å². The summed E-state index contributed by atoms with van der Waals surface area (Å²) in [6.07, 6.45) is 1.83. The van der Waals surface area contributed by atoms with Crippen molar-refractivity contribution in [2.75, 3.05) is 13.1 Å². The summed E-state index contributed by atoms with van der Waals surface area (Å²) in [7, 11) is 0. The summed E-state index contributed by atoms with van der Waals surface area (Å²) in [6, 6.07) is 19.5. The molecule has 2 rings (SSSR count). The Morgan fingerprint density at radius 2 is 1.46 bits per heavy atom. The average Bonchev–Trinajstić information content (AvgIpc) is 2.68. The molecular formula is C22H28N2O2. The maximum absolute atomic E-state index is 12.8. The minimum absolute atomic E-state index is 0.0172. The molecule has 1 atom stereocenters. The van der Waals surface area contributed by atoms with Crippen molar-refractivity contribution < 1.29 is 9.59 Å². The Morgan fingerprint density at radius 3 is 2.00 bits per heavy atom. The van der Waals surface area contributed by atoms with Gasteiger partial charge in [-0.3, -0.25) is 9.59 Å². The maximum atomic E-state index is 12.8. The third-order valence-corrected chi connectivity index (χ3v) is 4.47. The number of amides is 2. The SMILES string of the molecule is CCNC(=O)[C@@H](C)N(CCc1ccccc1)C(=O)CCc1ccccc1. The predicted octanol–water partition coefficient (Wildman–Crippen LogP) is 3.22. The highest BCUT2D eigenvalue weighted by Crippen LogP contribution is 2.10. The molecule has 4 heteroatoms. The summed E-state index contributed by atoms with van der Waals surface area (Å²) >= 11 is 0. The topological polar surface area (TPSA) is 49.4 Å². The van der Waals surface area contributed by atoms with Crippen LogP contribution in [0.3, 0.4) is 0 Å². The highest BCUT2D eigenvalue weighted by Gasteiger charge is 2.25. The zero-order valence-electron chi connectivity index (χ0n) is 15.7. The van der Waals surface area contributed by atoms with E-state index in [2.05, 4.69) is 5.32 Å². The first-order valence-electron chi connectivity index (χ1n) is 9.26. The van der Waals surface area contributed by atoms with Crippen LogP contribution in [0.4, 0.5) is 0 Å². The minimum atomic E-state index is -0.470. The molecule has 2 aromatic carbocycles. The average molecular weight is 352 g/mol. The normalized spacial score (nSPS) is 11.6.